The van der Waals surface area contributed by atoms with E-state index in [1.165, 1.54) is 22.3 Å². The number of hydrogen-bond acceptors (Lipinski definition) is 3. The molecule has 2 aliphatic rings. The van der Waals surface area contributed by atoms with Gasteiger partial charge in [-0.15, -0.1) is 0 Å². The van der Waals surface area contributed by atoms with Gasteiger partial charge < -0.3 is 9.47 Å². The fraction of sp³-hybridized carbons (Fsp3) is 0.381. The van der Waals surface area contributed by atoms with Crippen LogP contribution in [0.1, 0.15) is 46.9 Å². The van der Waals surface area contributed by atoms with E-state index in [9.17, 15) is 4.79 Å². The third-order valence-electron chi connectivity index (χ3n) is 5.54. The predicted octanol–water partition coefficient (Wildman–Crippen LogP) is 4.03. The molecule has 4 rings (SSSR count). The Labute approximate surface area is 142 Å². The van der Waals surface area contributed by atoms with Crippen LogP contribution in [0.2, 0.25) is 0 Å². The van der Waals surface area contributed by atoms with E-state index in [1.54, 1.807) is 14.2 Å². The number of carbonyl (C=O) groups excluding carboxylic acids is 1. The van der Waals surface area contributed by atoms with Crippen LogP contribution < -0.4 is 9.47 Å². The van der Waals surface area contributed by atoms with Crippen molar-refractivity contribution in [1.82, 2.24) is 0 Å². The highest BCUT2D eigenvalue weighted by Crippen LogP contribution is 2.43. The fourth-order valence-corrected chi connectivity index (χ4v) is 4.28. The number of fused-ring (bicyclic) bond motifs is 2. The SMILES string of the molecule is COc1ccc2c(c1)CCC2C(=O)C1CCc2cc(OC)ccc21. The molecule has 0 saturated carbocycles. The standard InChI is InChI=1S/C21H22O3/c1-23-15-5-9-17-13(11-15)3-7-19(17)21(22)20-8-4-14-12-16(24-2)6-10-18(14)20/h5-6,9-12,19-20H,3-4,7-8H2,1-2H3. The molecule has 0 N–H and O–H groups in total. The van der Waals surface area contributed by atoms with Gasteiger partial charge in [0.25, 0.3) is 0 Å². The molecule has 2 aromatic carbocycles. The second kappa shape index (κ2) is 5.97. The number of hydrogen-bond donors (Lipinski definition) is 0. The maximum atomic E-state index is 13.2. The van der Waals surface area contributed by atoms with Gasteiger partial charge in [-0.3, -0.25) is 4.79 Å². The molecule has 0 spiro atoms. The molecule has 2 aromatic rings. The van der Waals surface area contributed by atoms with Crippen LogP contribution in [-0.4, -0.2) is 20.0 Å². The number of methoxy groups -OCH3 is 2. The van der Waals surface area contributed by atoms with E-state index in [1.807, 2.05) is 12.1 Å². The first-order valence-corrected chi connectivity index (χ1v) is 8.58. The molecule has 2 atom stereocenters. The lowest BCUT2D eigenvalue weighted by atomic mass is 9.85. The Hall–Kier alpha value is -2.29. The quantitative estimate of drug-likeness (QED) is 0.852. The third kappa shape index (κ3) is 2.39. The fourth-order valence-electron chi connectivity index (χ4n) is 4.28. The van der Waals surface area contributed by atoms with Crippen molar-refractivity contribution >= 4 is 5.78 Å². The van der Waals surface area contributed by atoms with Gasteiger partial charge in [-0.2, -0.15) is 0 Å². The van der Waals surface area contributed by atoms with E-state index >= 15 is 0 Å². The number of aryl methyl sites for hydroxylation is 2. The van der Waals surface area contributed by atoms with Crippen molar-refractivity contribution in [3.05, 3.63) is 58.7 Å². The van der Waals surface area contributed by atoms with E-state index in [2.05, 4.69) is 24.3 Å². The maximum absolute atomic E-state index is 13.2. The summed E-state index contributed by atoms with van der Waals surface area (Å²) in [6.45, 7) is 0. The number of Topliss-reactive ketones (excluding diaryl/α,β-unsaturated/α-hetero) is 1. The van der Waals surface area contributed by atoms with Crippen LogP contribution in [0, 0.1) is 0 Å². The highest BCUT2D eigenvalue weighted by atomic mass is 16.5. The van der Waals surface area contributed by atoms with E-state index in [0.717, 1.165) is 37.2 Å². The van der Waals surface area contributed by atoms with Crippen molar-refractivity contribution in [1.29, 1.82) is 0 Å². The number of rotatable bonds is 4. The monoisotopic (exact) mass is 322 g/mol. The Morgan fingerprint density at radius 3 is 1.71 bits per heavy atom. The molecule has 0 aromatic heterocycles. The summed E-state index contributed by atoms with van der Waals surface area (Å²) in [6.07, 6.45) is 3.77. The van der Waals surface area contributed by atoms with Gasteiger partial charge >= 0.3 is 0 Å². The molecule has 0 aliphatic heterocycles. The summed E-state index contributed by atoms with van der Waals surface area (Å²) < 4.78 is 10.6. The van der Waals surface area contributed by atoms with Crippen molar-refractivity contribution < 1.29 is 14.3 Å². The molecule has 0 fully saturated rings. The van der Waals surface area contributed by atoms with Gasteiger partial charge in [0.2, 0.25) is 0 Å². The molecule has 2 aliphatic carbocycles. The lowest BCUT2D eigenvalue weighted by Crippen LogP contribution is -2.17. The van der Waals surface area contributed by atoms with Crippen molar-refractivity contribution in [3.8, 4) is 11.5 Å². The highest BCUT2D eigenvalue weighted by molar-refractivity contribution is 5.93. The van der Waals surface area contributed by atoms with E-state index < -0.39 is 0 Å². The third-order valence-corrected chi connectivity index (χ3v) is 5.54. The summed E-state index contributed by atoms with van der Waals surface area (Å²) >= 11 is 0. The number of ether oxygens (including phenoxy) is 2. The smallest absolute Gasteiger partial charge is 0.147 e. The van der Waals surface area contributed by atoms with Gasteiger partial charge in [0.1, 0.15) is 17.3 Å². The summed E-state index contributed by atoms with van der Waals surface area (Å²) in [4.78, 5) is 13.2. The van der Waals surface area contributed by atoms with Crippen LogP contribution in [0.3, 0.4) is 0 Å². The van der Waals surface area contributed by atoms with Crippen LogP contribution in [0.4, 0.5) is 0 Å². The minimum Gasteiger partial charge on any atom is -0.497 e. The van der Waals surface area contributed by atoms with Gasteiger partial charge in [-0.05, 0) is 72.2 Å². The summed E-state index contributed by atoms with van der Waals surface area (Å²) in [6, 6.07) is 12.3. The van der Waals surface area contributed by atoms with E-state index in [-0.39, 0.29) is 11.8 Å². The van der Waals surface area contributed by atoms with Gasteiger partial charge in [0.05, 0.1) is 14.2 Å². The normalized spacial score (nSPS) is 21.2. The Kier molecular flexibility index (Phi) is 3.79. The summed E-state index contributed by atoms with van der Waals surface area (Å²) in [5, 5.41) is 0. The molecule has 24 heavy (non-hydrogen) atoms. The zero-order valence-electron chi connectivity index (χ0n) is 14.2. The van der Waals surface area contributed by atoms with Crippen LogP contribution in [0.15, 0.2) is 36.4 Å². The molecule has 0 amide bonds. The average molecular weight is 322 g/mol. The lowest BCUT2D eigenvalue weighted by Gasteiger charge is -2.17. The van der Waals surface area contributed by atoms with Crippen molar-refractivity contribution in [2.75, 3.05) is 14.2 Å². The minimum atomic E-state index is 0.0314. The van der Waals surface area contributed by atoms with Crippen LogP contribution in [0.25, 0.3) is 0 Å². The molecule has 0 bridgehead atoms. The van der Waals surface area contributed by atoms with E-state index in [0.29, 0.717) is 5.78 Å². The van der Waals surface area contributed by atoms with E-state index in [4.69, 9.17) is 9.47 Å². The van der Waals surface area contributed by atoms with Crippen molar-refractivity contribution in [3.63, 3.8) is 0 Å². The zero-order chi connectivity index (χ0) is 16.7. The Bertz CT molecular complexity index is 728. The maximum Gasteiger partial charge on any atom is 0.147 e. The Morgan fingerprint density at radius 2 is 1.29 bits per heavy atom. The molecule has 0 radical (unpaired) electrons. The number of carbonyl (C=O) groups is 1. The molecule has 2 unspecified atom stereocenters. The lowest BCUT2D eigenvalue weighted by molar-refractivity contribution is -0.121. The zero-order valence-corrected chi connectivity index (χ0v) is 14.2. The molecule has 3 heteroatoms. The highest BCUT2D eigenvalue weighted by Gasteiger charge is 2.36. The number of benzene rings is 2. The van der Waals surface area contributed by atoms with Crippen molar-refractivity contribution in [2.45, 2.75) is 37.5 Å². The van der Waals surface area contributed by atoms with Gasteiger partial charge in [-0.25, -0.2) is 0 Å². The predicted molar refractivity (Wildman–Crippen MR) is 93.1 cm³/mol. The summed E-state index contributed by atoms with van der Waals surface area (Å²) in [7, 11) is 3.37. The minimum absolute atomic E-state index is 0.0314. The number of ketones is 1. The van der Waals surface area contributed by atoms with Crippen LogP contribution in [0.5, 0.6) is 11.5 Å². The largest absolute Gasteiger partial charge is 0.497 e. The first kappa shape index (κ1) is 15.3. The first-order chi connectivity index (χ1) is 11.7. The van der Waals surface area contributed by atoms with Gasteiger partial charge in [0.15, 0.2) is 0 Å². The molecule has 3 nitrogen and oxygen atoms in total. The van der Waals surface area contributed by atoms with Crippen LogP contribution >= 0.6 is 0 Å². The average Bonchev–Trinajstić information content (AvgIpc) is 3.23. The summed E-state index contributed by atoms with van der Waals surface area (Å²) in [5.41, 5.74) is 4.92. The first-order valence-electron chi connectivity index (χ1n) is 8.58. The molecular formula is C21H22O3. The van der Waals surface area contributed by atoms with Crippen LogP contribution in [-0.2, 0) is 17.6 Å². The van der Waals surface area contributed by atoms with Gasteiger partial charge in [0, 0.05) is 11.8 Å². The van der Waals surface area contributed by atoms with Crippen molar-refractivity contribution in [2.24, 2.45) is 0 Å². The Morgan fingerprint density at radius 1 is 0.833 bits per heavy atom. The molecule has 0 saturated heterocycles. The second-order valence-corrected chi connectivity index (χ2v) is 6.71. The molecular weight excluding hydrogens is 300 g/mol. The molecule has 124 valence electrons. The Balaban J connectivity index is 1.61. The van der Waals surface area contributed by atoms with Gasteiger partial charge in [-0.1, -0.05) is 12.1 Å². The summed E-state index contributed by atoms with van der Waals surface area (Å²) in [5.74, 6) is 2.19. The topological polar surface area (TPSA) is 35.5 Å². The second-order valence-electron chi connectivity index (χ2n) is 6.71. The molecule has 0 heterocycles.